The Hall–Kier alpha value is -1.70. The van der Waals surface area contributed by atoms with Gasteiger partial charge in [0.1, 0.15) is 11.4 Å². The topological polar surface area (TPSA) is 68.3 Å². The molecule has 7 nitrogen and oxygen atoms in total. The Morgan fingerprint density at radius 3 is 2.23 bits per heavy atom. The number of morpholine rings is 1. The molecule has 1 aromatic carbocycles. The molecule has 2 aliphatic rings. The number of likely N-dealkylation sites (tertiary alicyclic amines) is 1. The van der Waals surface area contributed by atoms with E-state index in [1.165, 1.54) is 0 Å². The largest absolute Gasteiger partial charge is 0.496 e. The first-order chi connectivity index (χ1) is 14.7. The summed E-state index contributed by atoms with van der Waals surface area (Å²) in [6, 6.07) is 3.58. The van der Waals surface area contributed by atoms with E-state index in [-0.39, 0.29) is 12.0 Å². The highest BCUT2D eigenvalue weighted by Crippen LogP contribution is 2.42. The molecular weight excluding hydrogens is 443 g/mol. The molecule has 0 saturated carbocycles. The molecule has 2 saturated heterocycles. The second-order valence-corrected chi connectivity index (χ2v) is 9.26. The van der Waals surface area contributed by atoms with Crippen molar-refractivity contribution >= 4 is 35.7 Å². The number of methoxy groups -OCH3 is 1. The SMILES string of the molecule is COc1ccc(Cl)c(Cl)c1C1CCN(C(=O)OC(C)(C)C)CC1.O=CN1CCOCC1. The zero-order valence-electron chi connectivity index (χ0n) is 18.7. The molecule has 0 aromatic heterocycles. The fourth-order valence-corrected chi connectivity index (χ4v) is 3.94. The smallest absolute Gasteiger partial charge is 0.410 e. The predicted octanol–water partition coefficient (Wildman–Crippen LogP) is 4.59. The Labute approximate surface area is 194 Å². The maximum absolute atomic E-state index is 12.1. The van der Waals surface area contributed by atoms with Crippen LogP contribution < -0.4 is 4.74 Å². The van der Waals surface area contributed by atoms with Crippen LogP contribution in [-0.4, -0.2) is 74.4 Å². The highest BCUT2D eigenvalue weighted by Gasteiger charge is 2.30. The summed E-state index contributed by atoms with van der Waals surface area (Å²) in [5.74, 6) is 0.963. The Morgan fingerprint density at radius 2 is 1.74 bits per heavy atom. The van der Waals surface area contributed by atoms with Crippen molar-refractivity contribution in [3.05, 3.63) is 27.7 Å². The number of ether oxygens (including phenoxy) is 3. The second-order valence-electron chi connectivity index (χ2n) is 8.47. The highest BCUT2D eigenvalue weighted by molar-refractivity contribution is 6.42. The first kappa shape index (κ1) is 25.6. The summed E-state index contributed by atoms with van der Waals surface area (Å²) in [6.45, 7) is 9.76. The molecule has 1 aromatic rings. The monoisotopic (exact) mass is 474 g/mol. The average Bonchev–Trinajstić information content (AvgIpc) is 2.75. The fourth-order valence-electron chi connectivity index (χ4n) is 3.47. The van der Waals surface area contributed by atoms with E-state index in [9.17, 15) is 9.59 Å². The summed E-state index contributed by atoms with van der Waals surface area (Å²) in [4.78, 5) is 25.6. The van der Waals surface area contributed by atoms with Crippen LogP contribution in [-0.2, 0) is 14.3 Å². The van der Waals surface area contributed by atoms with Crippen molar-refractivity contribution in [3.63, 3.8) is 0 Å². The second kappa shape index (κ2) is 11.8. The molecule has 0 N–H and O–H groups in total. The molecule has 2 aliphatic heterocycles. The third-order valence-electron chi connectivity index (χ3n) is 5.06. The van der Waals surface area contributed by atoms with Crippen LogP contribution >= 0.6 is 23.2 Å². The molecule has 0 radical (unpaired) electrons. The van der Waals surface area contributed by atoms with E-state index in [1.54, 1.807) is 23.0 Å². The summed E-state index contributed by atoms with van der Waals surface area (Å²) in [7, 11) is 1.62. The van der Waals surface area contributed by atoms with Crippen LogP contribution in [0.3, 0.4) is 0 Å². The number of nitrogens with zero attached hydrogens (tertiary/aromatic N) is 2. The van der Waals surface area contributed by atoms with E-state index in [2.05, 4.69) is 0 Å². The van der Waals surface area contributed by atoms with Crippen molar-refractivity contribution in [2.45, 2.75) is 45.1 Å². The van der Waals surface area contributed by atoms with Gasteiger partial charge in [0.15, 0.2) is 0 Å². The molecule has 0 spiro atoms. The van der Waals surface area contributed by atoms with Crippen LogP contribution in [0, 0.1) is 0 Å². The van der Waals surface area contributed by atoms with Crippen LogP contribution in [0.2, 0.25) is 10.0 Å². The van der Waals surface area contributed by atoms with Gasteiger partial charge in [-0.25, -0.2) is 4.79 Å². The van der Waals surface area contributed by atoms with Gasteiger partial charge in [0.25, 0.3) is 0 Å². The molecule has 174 valence electrons. The van der Waals surface area contributed by atoms with Crippen LogP contribution in [0.5, 0.6) is 5.75 Å². The van der Waals surface area contributed by atoms with Gasteiger partial charge in [-0.3, -0.25) is 4.79 Å². The first-order valence-electron chi connectivity index (χ1n) is 10.4. The number of halogens is 2. The van der Waals surface area contributed by atoms with Crippen molar-refractivity contribution in [3.8, 4) is 5.75 Å². The van der Waals surface area contributed by atoms with Gasteiger partial charge in [0.05, 0.1) is 30.4 Å². The Balaban J connectivity index is 0.000000357. The maximum Gasteiger partial charge on any atom is 0.410 e. The number of carbonyl (C=O) groups is 2. The van der Waals surface area contributed by atoms with Gasteiger partial charge in [-0.2, -0.15) is 0 Å². The quantitative estimate of drug-likeness (QED) is 0.599. The molecular formula is C22H32Cl2N2O5. The third-order valence-corrected chi connectivity index (χ3v) is 5.88. The first-order valence-corrected chi connectivity index (χ1v) is 11.2. The minimum atomic E-state index is -0.479. The van der Waals surface area contributed by atoms with E-state index in [0.29, 0.717) is 36.3 Å². The Bertz CT molecular complexity index is 740. The van der Waals surface area contributed by atoms with Crippen LogP contribution in [0.4, 0.5) is 4.79 Å². The summed E-state index contributed by atoms with van der Waals surface area (Å²) in [6.07, 6.45) is 2.20. The average molecular weight is 475 g/mol. The molecule has 3 rings (SSSR count). The van der Waals surface area contributed by atoms with Crippen molar-refractivity contribution in [2.75, 3.05) is 46.5 Å². The maximum atomic E-state index is 12.1. The number of carbonyl (C=O) groups excluding carboxylic acids is 2. The van der Waals surface area contributed by atoms with Gasteiger partial charge in [-0.1, -0.05) is 23.2 Å². The minimum absolute atomic E-state index is 0.217. The van der Waals surface area contributed by atoms with Gasteiger partial charge in [-0.15, -0.1) is 0 Å². The highest BCUT2D eigenvalue weighted by atomic mass is 35.5. The Kier molecular flexibility index (Phi) is 9.72. The van der Waals surface area contributed by atoms with Crippen molar-refractivity contribution in [1.29, 1.82) is 0 Å². The van der Waals surface area contributed by atoms with Gasteiger partial charge >= 0.3 is 6.09 Å². The van der Waals surface area contributed by atoms with Crippen molar-refractivity contribution in [1.82, 2.24) is 9.80 Å². The molecule has 2 amide bonds. The summed E-state index contributed by atoms with van der Waals surface area (Å²) in [5.41, 5.74) is 0.457. The van der Waals surface area contributed by atoms with Crippen LogP contribution in [0.1, 0.15) is 45.1 Å². The number of hydrogen-bond acceptors (Lipinski definition) is 5. The fraction of sp³-hybridized carbons (Fsp3) is 0.636. The van der Waals surface area contributed by atoms with Crippen LogP contribution in [0.15, 0.2) is 12.1 Å². The number of piperidine rings is 1. The molecule has 0 atom stereocenters. The number of benzene rings is 1. The number of amides is 2. The van der Waals surface area contributed by atoms with Crippen LogP contribution in [0.25, 0.3) is 0 Å². The molecule has 2 heterocycles. The zero-order valence-corrected chi connectivity index (χ0v) is 20.2. The van der Waals surface area contributed by atoms with Gasteiger partial charge in [-0.05, 0) is 51.7 Å². The lowest BCUT2D eigenvalue weighted by Crippen LogP contribution is -2.41. The van der Waals surface area contributed by atoms with E-state index in [0.717, 1.165) is 43.7 Å². The van der Waals surface area contributed by atoms with Gasteiger partial charge in [0, 0.05) is 31.7 Å². The Morgan fingerprint density at radius 1 is 1.13 bits per heavy atom. The van der Waals surface area contributed by atoms with E-state index in [1.807, 2.05) is 26.8 Å². The number of hydrogen-bond donors (Lipinski definition) is 0. The summed E-state index contributed by atoms with van der Waals surface area (Å²) >= 11 is 12.5. The molecule has 0 unspecified atom stereocenters. The van der Waals surface area contributed by atoms with Gasteiger partial charge < -0.3 is 24.0 Å². The van der Waals surface area contributed by atoms with E-state index >= 15 is 0 Å². The van der Waals surface area contributed by atoms with Crippen molar-refractivity contribution in [2.24, 2.45) is 0 Å². The lowest BCUT2D eigenvalue weighted by atomic mass is 9.89. The van der Waals surface area contributed by atoms with Gasteiger partial charge in [0.2, 0.25) is 6.41 Å². The molecule has 31 heavy (non-hydrogen) atoms. The number of rotatable bonds is 3. The minimum Gasteiger partial charge on any atom is -0.496 e. The normalized spacial score (nSPS) is 17.5. The molecule has 0 bridgehead atoms. The molecule has 0 aliphatic carbocycles. The molecule has 9 heteroatoms. The zero-order chi connectivity index (χ0) is 23.0. The lowest BCUT2D eigenvalue weighted by Gasteiger charge is -2.34. The lowest BCUT2D eigenvalue weighted by molar-refractivity contribution is -0.121. The standard InChI is InChI=1S/C17H23Cl2NO3.C5H9NO2/c1-17(2,3)23-16(21)20-9-7-11(8-10-20)14-13(22-4)6-5-12(18)15(14)19;7-5-6-1-3-8-4-2-6/h5-6,11H,7-10H2,1-4H3;5H,1-4H2. The summed E-state index contributed by atoms with van der Waals surface area (Å²) in [5, 5.41) is 1.07. The third kappa shape index (κ3) is 7.74. The predicted molar refractivity (Wildman–Crippen MR) is 121 cm³/mol. The summed E-state index contributed by atoms with van der Waals surface area (Å²) < 4.78 is 15.8. The van der Waals surface area contributed by atoms with Crippen molar-refractivity contribution < 1.29 is 23.8 Å². The molecule has 2 fully saturated rings. The van der Waals surface area contributed by atoms with E-state index < -0.39 is 5.60 Å². The van der Waals surface area contributed by atoms with E-state index in [4.69, 9.17) is 37.4 Å².